The van der Waals surface area contributed by atoms with Crippen LogP contribution in [0.3, 0.4) is 0 Å². The zero-order valence-corrected chi connectivity index (χ0v) is 22.9. The van der Waals surface area contributed by atoms with Crippen LogP contribution in [0.25, 0.3) is 0 Å². The number of amides is 3. The highest BCUT2D eigenvalue weighted by molar-refractivity contribution is 7.80. The lowest BCUT2D eigenvalue weighted by Crippen LogP contribution is -2.54. The van der Waals surface area contributed by atoms with E-state index in [1.807, 2.05) is 45.9 Å². The van der Waals surface area contributed by atoms with E-state index in [-0.39, 0.29) is 23.6 Å². The van der Waals surface area contributed by atoms with Gasteiger partial charge in [0, 0.05) is 18.3 Å². The highest BCUT2D eigenvalue weighted by atomic mass is 32.1. The predicted molar refractivity (Wildman–Crippen MR) is 140 cm³/mol. The Morgan fingerprint density at radius 2 is 1.74 bits per heavy atom. The number of thiol groups is 1. The van der Waals surface area contributed by atoms with E-state index in [4.69, 9.17) is 4.74 Å². The summed E-state index contributed by atoms with van der Waals surface area (Å²) in [6.07, 6.45) is 1.94. The maximum absolute atomic E-state index is 13.8. The van der Waals surface area contributed by atoms with Crippen molar-refractivity contribution in [3.63, 3.8) is 0 Å². The van der Waals surface area contributed by atoms with Crippen LogP contribution >= 0.6 is 12.6 Å². The highest BCUT2D eigenvalue weighted by Gasteiger charge is 2.36. The quantitative estimate of drug-likeness (QED) is 0.308. The van der Waals surface area contributed by atoms with E-state index < -0.39 is 23.8 Å². The van der Waals surface area contributed by atoms with Crippen molar-refractivity contribution in [3.8, 4) is 0 Å². The smallest absolute Gasteiger partial charge is 0.408 e. The van der Waals surface area contributed by atoms with E-state index in [0.29, 0.717) is 6.54 Å². The van der Waals surface area contributed by atoms with E-state index >= 15 is 0 Å². The second-order valence-corrected chi connectivity index (χ2v) is 10.4. The lowest BCUT2D eigenvalue weighted by Gasteiger charge is -2.35. The zero-order valence-electron chi connectivity index (χ0n) is 22.0. The van der Waals surface area contributed by atoms with Gasteiger partial charge in [-0.25, -0.2) is 4.79 Å². The topological polar surface area (TPSA) is 87.7 Å². The Balaban J connectivity index is 3.43. The van der Waals surface area contributed by atoms with Crippen LogP contribution in [-0.4, -0.2) is 52.8 Å². The third kappa shape index (κ3) is 9.57. The number of ether oxygens (including phenoxy) is 1. The van der Waals surface area contributed by atoms with Gasteiger partial charge in [0.15, 0.2) is 0 Å². The number of carbonyl (C=O) groups excluding carboxylic acids is 3. The minimum Gasteiger partial charge on any atom is -0.444 e. The molecular formula is C26H43N3O4S. The SMILES string of the molecule is CCCCCN(C(=O)C(CS)NC(=O)OC(C)(C)C)C(C(=O)NC(C)C)c1ccc(C)cc1C. The average Bonchev–Trinajstić information content (AvgIpc) is 2.70. The standard InChI is InChI=1S/C26H43N3O4S/c1-9-10-11-14-29(24(31)21(16-34)28-25(32)33-26(6,7)8)22(23(30)27-17(2)3)20-13-12-18(4)15-19(20)5/h12-13,15,17,21-22,34H,9-11,14,16H2,1-8H3,(H,27,30)(H,28,32). The summed E-state index contributed by atoms with van der Waals surface area (Å²) in [6, 6.07) is 4.02. The van der Waals surface area contributed by atoms with Crippen molar-refractivity contribution in [3.05, 3.63) is 34.9 Å². The van der Waals surface area contributed by atoms with Crippen LogP contribution in [0.15, 0.2) is 18.2 Å². The van der Waals surface area contributed by atoms with E-state index in [1.54, 1.807) is 25.7 Å². The molecule has 0 bridgehead atoms. The molecule has 0 saturated carbocycles. The fourth-order valence-electron chi connectivity index (χ4n) is 3.68. The van der Waals surface area contributed by atoms with E-state index in [2.05, 4.69) is 30.2 Å². The number of nitrogens with zero attached hydrogens (tertiary/aromatic N) is 1. The van der Waals surface area contributed by atoms with Gasteiger partial charge in [0.05, 0.1) is 0 Å². The average molecular weight is 494 g/mol. The lowest BCUT2D eigenvalue weighted by molar-refractivity contribution is -0.142. The van der Waals surface area contributed by atoms with Gasteiger partial charge in [0.1, 0.15) is 17.7 Å². The van der Waals surface area contributed by atoms with E-state index in [0.717, 1.165) is 36.0 Å². The molecule has 1 aromatic rings. The largest absolute Gasteiger partial charge is 0.444 e. The zero-order chi connectivity index (χ0) is 26.1. The van der Waals surface area contributed by atoms with Crippen molar-refractivity contribution >= 4 is 30.5 Å². The van der Waals surface area contributed by atoms with Gasteiger partial charge in [-0.3, -0.25) is 9.59 Å². The molecule has 34 heavy (non-hydrogen) atoms. The van der Waals surface area contributed by atoms with Crippen LogP contribution in [0, 0.1) is 13.8 Å². The fraction of sp³-hybridized carbons (Fsp3) is 0.654. The number of aryl methyl sites for hydroxylation is 2. The fourth-order valence-corrected chi connectivity index (χ4v) is 3.93. The summed E-state index contributed by atoms with van der Waals surface area (Å²) in [4.78, 5) is 41.2. The minimum absolute atomic E-state index is 0.0771. The Labute approximate surface area is 210 Å². The van der Waals surface area contributed by atoms with Gasteiger partial charge >= 0.3 is 6.09 Å². The molecule has 0 spiro atoms. The van der Waals surface area contributed by atoms with Crippen LogP contribution in [-0.2, 0) is 14.3 Å². The third-order valence-electron chi connectivity index (χ3n) is 5.17. The first kappa shape index (κ1) is 29.8. The summed E-state index contributed by atoms with van der Waals surface area (Å²) in [5, 5.41) is 5.62. The molecule has 8 heteroatoms. The molecule has 2 atom stereocenters. The molecule has 192 valence electrons. The monoisotopic (exact) mass is 493 g/mol. The van der Waals surface area contributed by atoms with Crippen LogP contribution in [0.4, 0.5) is 4.79 Å². The van der Waals surface area contributed by atoms with Crippen LogP contribution in [0.2, 0.25) is 0 Å². The lowest BCUT2D eigenvalue weighted by atomic mass is 9.96. The van der Waals surface area contributed by atoms with Gasteiger partial charge in [0.2, 0.25) is 11.8 Å². The first-order valence-corrected chi connectivity index (χ1v) is 12.7. The van der Waals surface area contributed by atoms with Gasteiger partial charge < -0.3 is 20.3 Å². The number of benzene rings is 1. The number of carbonyl (C=O) groups is 3. The molecule has 0 aliphatic carbocycles. The van der Waals surface area contributed by atoms with Crippen LogP contribution in [0.1, 0.15) is 83.5 Å². The number of hydrogen-bond donors (Lipinski definition) is 3. The third-order valence-corrected chi connectivity index (χ3v) is 5.53. The number of rotatable bonds is 11. The van der Waals surface area contributed by atoms with Crippen LogP contribution < -0.4 is 10.6 Å². The molecule has 0 aliphatic heterocycles. The summed E-state index contributed by atoms with van der Waals surface area (Å²) in [5.74, 6) is -0.531. The van der Waals surface area contributed by atoms with Gasteiger partial charge in [0.25, 0.3) is 0 Å². The molecule has 7 nitrogen and oxygen atoms in total. The Kier molecular flexibility index (Phi) is 11.9. The number of hydrogen-bond acceptors (Lipinski definition) is 5. The number of alkyl carbamates (subject to hydrolysis) is 1. The second-order valence-electron chi connectivity index (χ2n) is 10.0. The maximum atomic E-state index is 13.8. The number of unbranched alkanes of at least 4 members (excludes halogenated alkanes) is 2. The molecular weight excluding hydrogens is 450 g/mol. The normalized spacial score (nSPS) is 13.2. The first-order valence-electron chi connectivity index (χ1n) is 12.1. The molecule has 0 heterocycles. The van der Waals surface area contributed by atoms with Crippen molar-refractivity contribution in [2.24, 2.45) is 0 Å². The minimum atomic E-state index is -0.931. The van der Waals surface area contributed by atoms with Gasteiger partial charge in [-0.15, -0.1) is 0 Å². The molecule has 1 rings (SSSR count). The molecule has 2 unspecified atom stereocenters. The van der Waals surface area contributed by atoms with Gasteiger partial charge in [-0.1, -0.05) is 43.5 Å². The van der Waals surface area contributed by atoms with Gasteiger partial charge in [-0.05, 0) is 66.0 Å². The first-order chi connectivity index (χ1) is 15.8. The summed E-state index contributed by atoms with van der Waals surface area (Å²) in [7, 11) is 0. The summed E-state index contributed by atoms with van der Waals surface area (Å²) in [6.45, 7) is 15.5. The Bertz CT molecular complexity index is 836. The van der Waals surface area contributed by atoms with Crippen molar-refractivity contribution in [2.45, 2.75) is 98.4 Å². The summed E-state index contributed by atoms with van der Waals surface area (Å²) >= 11 is 4.32. The van der Waals surface area contributed by atoms with Crippen molar-refractivity contribution in [1.82, 2.24) is 15.5 Å². The van der Waals surface area contributed by atoms with E-state index in [9.17, 15) is 14.4 Å². The van der Waals surface area contributed by atoms with Crippen LogP contribution in [0.5, 0.6) is 0 Å². The molecule has 3 amide bonds. The Morgan fingerprint density at radius 3 is 2.24 bits per heavy atom. The Hall–Kier alpha value is -2.22. The summed E-state index contributed by atoms with van der Waals surface area (Å²) in [5.41, 5.74) is 2.07. The van der Waals surface area contributed by atoms with Crippen molar-refractivity contribution in [1.29, 1.82) is 0 Å². The molecule has 0 radical (unpaired) electrons. The highest BCUT2D eigenvalue weighted by Crippen LogP contribution is 2.27. The second kappa shape index (κ2) is 13.6. The predicted octanol–water partition coefficient (Wildman–Crippen LogP) is 4.71. The number of nitrogens with one attached hydrogen (secondary N) is 2. The van der Waals surface area contributed by atoms with Crippen molar-refractivity contribution in [2.75, 3.05) is 12.3 Å². The maximum Gasteiger partial charge on any atom is 0.408 e. The molecule has 0 saturated heterocycles. The van der Waals surface area contributed by atoms with Crippen molar-refractivity contribution < 1.29 is 19.1 Å². The van der Waals surface area contributed by atoms with Gasteiger partial charge in [-0.2, -0.15) is 12.6 Å². The molecule has 0 aromatic heterocycles. The molecule has 1 aromatic carbocycles. The molecule has 2 N–H and O–H groups in total. The molecule has 0 aliphatic rings. The Morgan fingerprint density at radius 1 is 1.09 bits per heavy atom. The summed E-state index contributed by atoms with van der Waals surface area (Å²) < 4.78 is 5.34. The van der Waals surface area contributed by atoms with E-state index in [1.165, 1.54) is 0 Å². The molecule has 0 fully saturated rings.